The van der Waals surface area contributed by atoms with Crippen LogP contribution in [0, 0.1) is 5.41 Å². The first-order chi connectivity index (χ1) is 21.9. The van der Waals surface area contributed by atoms with Gasteiger partial charge >= 0.3 is 12.1 Å². The average Bonchev–Trinajstić information content (AvgIpc) is 3.61. The van der Waals surface area contributed by atoms with Crippen molar-refractivity contribution in [3.8, 4) is 21.3 Å². The standard InChI is InChI=1S/C31H34F5N5O4S2/c1-5-23(31(34,35)36)40-47(4,44)22-12-11-20(18-9-6-7-10-19(18)22)25-21(16-41-14-8-13-30(32,33)17-41)37-27(46-25)26-39-38-24(45-26)15-29(2,3)28(42)43/h6-7,9-12,23H,4-5,8,13-17H2,1-3H3,(H,40,44)(H,42,43)/t23-,47?/m0/s1. The number of carboxylic acid groups (broad SMARTS) is 1. The Balaban J connectivity index is 1.60. The van der Waals surface area contributed by atoms with Crippen molar-refractivity contribution in [2.45, 2.75) is 76.0 Å². The van der Waals surface area contributed by atoms with E-state index >= 15 is 0 Å². The van der Waals surface area contributed by atoms with E-state index in [-0.39, 0.29) is 47.5 Å². The second kappa shape index (κ2) is 12.9. The third-order valence-corrected chi connectivity index (χ3v) is 10.8. The summed E-state index contributed by atoms with van der Waals surface area (Å²) in [6, 6.07) is 7.78. The molecule has 2 aromatic carbocycles. The summed E-state index contributed by atoms with van der Waals surface area (Å²) in [5.41, 5.74) is -0.165. The van der Waals surface area contributed by atoms with Gasteiger partial charge in [-0.1, -0.05) is 37.3 Å². The molecule has 16 heteroatoms. The topological polar surface area (TPSA) is 121 Å². The van der Waals surface area contributed by atoms with Crippen molar-refractivity contribution in [3.05, 3.63) is 48.0 Å². The molecule has 4 aromatic rings. The highest BCUT2D eigenvalue weighted by Gasteiger charge is 2.40. The van der Waals surface area contributed by atoms with Crippen LogP contribution in [0.1, 0.15) is 51.6 Å². The van der Waals surface area contributed by atoms with Gasteiger partial charge in [0.15, 0.2) is 5.01 Å². The second-order valence-corrected chi connectivity index (χ2v) is 15.3. The molecule has 1 unspecified atom stereocenters. The number of carbonyl (C=O) groups is 1. The number of nitrogens with one attached hydrogen (secondary N) is 1. The summed E-state index contributed by atoms with van der Waals surface area (Å²) in [5.74, 6) is -0.159. The lowest BCUT2D eigenvalue weighted by molar-refractivity contribution is -0.151. The van der Waals surface area contributed by atoms with E-state index in [9.17, 15) is 36.1 Å². The van der Waals surface area contributed by atoms with E-state index in [1.54, 1.807) is 35.2 Å². The number of nitrogens with zero attached hydrogens (tertiary/aromatic N) is 4. The number of hydrogen-bond donors (Lipinski definition) is 2. The van der Waals surface area contributed by atoms with Gasteiger partial charge < -0.3 is 9.52 Å². The maximum Gasteiger partial charge on any atom is 0.404 e. The van der Waals surface area contributed by atoms with Gasteiger partial charge in [0.05, 0.1) is 37.1 Å². The van der Waals surface area contributed by atoms with Gasteiger partial charge in [-0.2, -0.15) is 13.2 Å². The number of alkyl halides is 5. The van der Waals surface area contributed by atoms with Crippen molar-refractivity contribution >= 4 is 43.7 Å². The molecule has 0 radical (unpaired) electrons. The van der Waals surface area contributed by atoms with Crippen LogP contribution >= 0.6 is 11.3 Å². The van der Waals surface area contributed by atoms with Crippen LogP contribution in [0.5, 0.6) is 0 Å². The minimum absolute atomic E-state index is 0.0197. The zero-order chi connectivity index (χ0) is 34.4. The van der Waals surface area contributed by atoms with E-state index in [1.807, 2.05) is 0 Å². The first-order valence-corrected chi connectivity index (χ1v) is 17.3. The third-order valence-electron chi connectivity index (χ3n) is 7.98. The molecule has 254 valence electrons. The molecule has 47 heavy (non-hydrogen) atoms. The average molecular weight is 700 g/mol. The monoisotopic (exact) mass is 699 g/mol. The van der Waals surface area contributed by atoms with Crippen molar-refractivity contribution in [3.63, 3.8) is 0 Å². The number of aromatic nitrogens is 3. The van der Waals surface area contributed by atoms with E-state index in [0.717, 1.165) is 11.3 Å². The van der Waals surface area contributed by atoms with Gasteiger partial charge in [0.1, 0.15) is 6.04 Å². The molecule has 2 atom stereocenters. The molecule has 1 aliphatic rings. The largest absolute Gasteiger partial charge is 0.481 e. The highest BCUT2D eigenvalue weighted by Crippen LogP contribution is 2.41. The third kappa shape index (κ3) is 7.66. The van der Waals surface area contributed by atoms with Gasteiger partial charge in [-0.15, -0.1) is 21.5 Å². The highest BCUT2D eigenvalue weighted by molar-refractivity contribution is 7.98. The van der Waals surface area contributed by atoms with Gasteiger partial charge in [0.25, 0.3) is 11.8 Å². The van der Waals surface area contributed by atoms with Crippen LogP contribution in [-0.4, -0.2) is 72.5 Å². The maximum atomic E-state index is 14.4. The summed E-state index contributed by atoms with van der Waals surface area (Å²) in [6.45, 7) is 4.40. The first kappa shape index (κ1) is 34.9. The smallest absolute Gasteiger partial charge is 0.404 e. The highest BCUT2D eigenvalue weighted by atomic mass is 32.2. The first-order valence-electron chi connectivity index (χ1n) is 14.8. The van der Waals surface area contributed by atoms with Crippen molar-refractivity contribution in [2.75, 3.05) is 13.1 Å². The Morgan fingerprint density at radius 1 is 1.19 bits per heavy atom. The van der Waals surface area contributed by atoms with Crippen molar-refractivity contribution in [1.29, 1.82) is 0 Å². The number of hydrogen-bond acceptors (Lipinski definition) is 8. The summed E-state index contributed by atoms with van der Waals surface area (Å²) < 4.78 is 91.2. The minimum Gasteiger partial charge on any atom is -0.481 e. The molecule has 9 nitrogen and oxygen atoms in total. The van der Waals surface area contributed by atoms with Gasteiger partial charge in [-0.3, -0.25) is 9.69 Å². The molecule has 1 fully saturated rings. The van der Waals surface area contributed by atoms with Crippen LogP contribution in [0.2, 0.25) is 0 Å². The Bertz CT molecular complexity index is 1890. The molecule has 5 rings (SSSR count). The Labute approximate surface area is 272 Å². The van der Waals surface area contributed by atoms with Crippen molar-refractivity contribution in [2.24, 2.45) is 5.41 Å². The quantitative estimate of drug-likeness (QED) is 0.129. The van der Waals surface area contributed by atoms with Crippen LogP contribution in [0.4, 0.5) is 22.0 Å². The molecule has 1 aliphatic heterocycles. The molecule has 2 aromatic heterocycles. The number of halogens is 5. The second-order valence-electron chi connectivity index (χ2n) is 12.3. The van der Waals surface area contributed by atoms with Crippen LogP contribution < -0.4 is 4.72 Å². The maximum absolute atomic E-state index is 14.4. The van der Waals surface area contributed by atoms with Crippen LogP contribution in [-0.2, 0) is 27.5 Å². The van der Waals surface area contributed by atoms with E-state index in [1.165, 1.54) is 26.8 Å². The summed E-state index contributed by atoms with van der Waals surface area (Å²) in [5, 5.41) is 18.8. The Morgan fingerprint density at radius 2 is 1.89 bits per heavy atom. The predicted octanol–water partition coefficient (Wildman–Crippen LogP) is 6.82. The predicted molar refractivity (Wildman–Crippen MR) is 170 cm³/mol. The Morgan fingerprint density at radius 3 is 2.53 bits per heavy atom. The lowest BCUT2D eigenvalue weighted by Crippen LogP contribution is -2.44. The molecule has 3 heterocycles. The number of benzene rings is 2. The SMILES string of the molecule is C=S(=O)(N[C@@H](CC)C(F)(F)F)c1ccc(-c2sc(-c3nnc(CC(C)(C)C(=O)O)o3)nc2CN2CCCC(F)(F)C2)c2ccccc12. The Hall–Kier alpha value is -3.47. The number of aliphatic carboxylic acids is 1. The van der Waals surface area contributed by atoms with Crippen LogP contribution in [0.25, 0.3) is 32.1 Å². The van der Waals surface area contributed by atoms with E-state index in [2.05, 4.69) is 20.8 Å². The number of rotatable bonds is 11. The number of fused-ring (bicyclic) bond motifs is 1. The normalized spacial score (nSPS) is 17.9. The molecule has 0 spiro atoms. The fraction of sp³-hybridized carbons (Fsp3) is 0.452. The molecular formula is C31H34F5N5O4S2. The minimum atomic E-state index is -4.64. The number of carboxylic acids is 1. The van der Waals surface area contributed by atoms with Gasteiger partial charge in [0.2, 0.25) is 5.89 Å². The fourth-order valence-corrected chi connectivity index (χ4v) is 8.19. The zero-order valence-corrected chi connectivity index (χ0v) is 27.5. The fourth-order valence-electron chi connectivity index (χ4n) is 5.45. The lowest BCUT2D eigenvalue weighted by Gasteiger charge is -2.32. The number of thiazole rings is 1. The summed E-state index contributed by atoms with van der Waals surface area (Å²) in [7, 11) is -3.63. The summed E-state index contributed by atoms with van der Waals surface area (Å²) >= 11 is 1.15. The van der Waals surface area contributed by atoms with Gasteiger partial charge in [-0.05, 0) is 55.9 Å². The van der Waals surface area contributed by atoms with Crippen LogP contribution in [0.15, 0.2) is 45.7 Å². The molecule has 0 amide bonds. The molecule has 1 saturated heterocycles. The number of likely N-dealkylation sites (tertiary alicyclic amines) is 1. The molecule has 2 N–H and O–H groups in total. The zero-order valence-electron chi connectivity index (χ0n) is 25.9. The van der Waals surface area contributed by atoms with Crippen LogP contribution in [0.3, 0.4) is 0 Å². The van der Waals surface area contributed by atoms with Crippen molar-refractivity contribution < 1.29 is 40.5 Å². The van der Waals surface area contributed by atoms with Gasteiger partial charge in [-0.25, -0.2) is 22.7 Å². The molecule has 0 saturated carbocycles. The molecule has 0 aliphatic carbocycles. The van der Waals surface area contributed by atoms with E-state index < -0.39 is 45.8 Å². The Kier molecular flexibility index (Phi) is 9.54. The number of piperidine rings is 1. The van der Waals surface area contributed by atoms with E-state index in [0.29, 0.717) is 39.9 Å². The lowest BCUT2D eigenvalue weighted by atomic mass is 9.90. The molecule has 0 bridgehead atoms. The van der Waals surface area contributed by atoms with Crippen molar-refractivity contribution in [1.82, 2.24) is 24.8 Å². The van der Waals surface area contributed by atoms with Gasteiger partial charge in [0, 0.05) is 24.9 Å². The van der Waals surface area contributed by atoms with E-state index in [4.69, 9.17) is 9.40 Å². The molecular weight excluding hydrogens is 665 g/mol. The summed E-state index contributed by atoms with van der Waals surface area (Å²) in [6.07, 6.45) is -4.94. The summed E-state index contributed by atoms with van der Waals surface area (Å²) in [4.78, 5) is 18.6.